The standard InChI is InChI=1S/C27H23ClN2O4S2/c1-3-33-23-14-18(15-24-26(32)30(27(35)36-24)19-8-5-4-6-9-19)12-13-22(23)34-16-25(31)29-21-11-7-10-20(28)17(21)2/h4-15H,3,16H2,1-2H3,(H,29,31)/b24-15-. The van der Waals surface area contributed by atoms with Crippen LogP contribution < -0.4 is 19.7 Å². The first kappa shape index (κ1) is 25.8. The average molecular weight is 539 g/mol. The topological polar surface area (TPSA) is 67.9 Å². The first-order valence-electron chi connectivity index (χ1n) is 11.1. The molecule has 1 fully saturated rings. The second kappa shape index (κ2) is 11.6. The fraction of sp³-hybridized carbons (Fsp3) is 0.148. The van der Waals surface area contributed by atoms with Crippen molar-refractivity contribution in [2.75, 3.05) is 23.4 Å². The highest BCUT2D eigenvalue weighted by Crippen LogP contribution is 2.37. The smallest absolute Gasteiger partial charge is 0.270 e. The van der Waals surface area contributed by atoms with Crippen LogP contribution in [0, 0.1) is 6.92 Å². The lowest BCUT2D eigenvalue weighted by Crippen LogP contribution is -2.27. The Labute approximate surface area is 224 Å². The monoisotopic (exact) mass is 538 g/mol. The van der Waals surface area contributed by atoms with Gasteiger partial charge in [0.15, 0.2) is 22.4 Å². The van der Waals surface area contributed by atoms with Crippen LogP contribution in [0.3, 0.4) is 0 Å². The number of thioether (sulfide) groups is 1. The third-order valence-corrected chi connectivity index (χ3v) is 6.99. The van der Waals surface area contributed by atoms with Crippen molar-refractivity contribution < 1.29 is 19.1 Å². The van der Waals surface area contributed by atoms with Crippen LogP contribution in [-0.4, -0.2) is 29.3 Å². The van der Waals surface area contributed by atoms with Gasteiger partial charge in [-0.1, -0.05) is 65.9 Å². The molecule has 4 rings (SSSR count). The molecule has 1 N–H and O–H groups in total. The van der Waals surface area contributed by atoms with Gasteiger partial charge in [-0.25, -0.2) is 0 Å². The number of ether oxygens (including phenoxy) is 2. The Balaban J connectivity index is 1.47. The highest BCUT2D eigenvalue weighted by atomic mass is 35.5. The summed E-state index contributed by atoms with van der Waals surface area (Å²) in [6.45, 7) is 3.89. The van der Waals surface area contributed by atoms with Gasteiger partial charge in [-0.05, 0) is 67.4 Å². The SMILES string of the molecule is CCOc1cc(/C=C2\SC(=S)N(c3ccccc3)C2=O)ccc1OCC(=O)Nc1cccc(Cl)c1C. The minimum atomic E-state index is -0.323. The number of hydrogen-bond acceptors (Lipinski definition) is 6. The molecule has 3 aromatic rings. The van der Waals surface area contributed by atoms with E-state index in [1.165, 1.54) is 16.7 Å². The number of anilines is 2. The summed E-state index contributed by atoms with van der Waals surface area (Å²) in [5.41, 5.74) is 2.89. The summed E-state index contributed by atoms with van der Waals surface area (Å²) in [4.78, 5) is 27.5. The highest BCUT2D eigenvalue weighted by Gasteiger charge is 2.33. The van der Waals surface area contributed by atoms with Gasteiger partial charge in [0.25, 0.3) is 11.8 Å². The summed E-state index contributed by atoms with van der Waals surface area (Å²) in [7, 11) is 0. The van der Waals surface area contributed by atoms with Crippen molar-refractivity contribution in [1.82, 2.24) is 0 Å². The first-order valence-corrected chi connectivity index (χ1v) is 12.7. The number of rotatable bonds is 8. The molecule has 0 aliphatic carbocycles. The van der Waals surface area contributed by atoms with E-state index in [0.29, 0.717) is 38.0 Å². The van der Waals surface area contributed by atoms with Crippen molar-refractivity contribution in [2.45, 2.75) is 13.8 Å². The Morgan fingerprint density at radius 1 is 1.08 bits per heavy atom. The minimum absolute atomic E-state index is 0.178. The van der Waals surface area contributed by atoms with E-state index in [2.05, 4.69) is 5.32 Å². The Hall–Kier alpha value is -3.33. The predicted molar refractivity (Wildman–Crippen MR) is 150 cm³/mol. The molecular weight excluding hydrogens is 516 g/mol. The van der Waals surface area contributed by atoms with Gasteiger partial charge >= 0.3 is 0 Å². The van der Waals surface area contributed by atoms with E-state index in [1.54, 1.807) is 42.5 Å². The van der Waals surface area contributed by atoms with Crippen molar-refractivity contribution in [3.8, 4) is 11.5 Å². The quantitative estimate of drug-likeness (QED) is 0.262. The number of amides is 2. The molecule has 9 heteroatoms. The van der Waals surface area contributed by atoms with E-state index in [-0.39, 0.29) is 18.4 Å². The van der Waals surface area contributed by atoms with Crippen LogP contribution in [-0.2, 0) is 9.59 Å². The fourth-order valence-electron chi connectivity index (χ4n) is 3.49. The van der Waals surface area contributed by atoms with Gasteiger partial charge in [0.1, 0.15) is 0 Å². The molecule has 0 atom stereocenters. The number of halogens is 1. The van der Waals surface area contributed by atoms with Crippen LogP contribution in [0.5, 0.6) is 11.5 Å². The van der Waals surface area contributed by atoms with Crippen LogP contribution in [0.1, 0.15) is 18.1 Å². The van der Waals surface area contributed by atoms with E-state index in [0.717, 1.165) is 16.8 Å². The van der Waals surface area contributed by atoms with E-state index >= 15 is 0 Å². The van der Waals surface area contributed by atoms with Gasteiger partial charge in [0.2, 0.25) is 0 Å². The zero-order chi connectivity index (χ0) is 25.7. The average Bonchev–Trinajstić information content (AvgIpc) is 3.14. The van der Waals surface area contributed by atoms with Crippen LogP contribution in [0.2, 0.25) is 5.02 Å². The fourth-order valence-corrected chi connectivity index (χ4v) is 4.97. The van der Waals surface area contributed by atoms with Crippen molar-refractivity contribution in [2.24, 2.45) is 0 Å². The normalized spacial score (nSPS) is 14.3. The Kier molecular flexibility index (Phi) is 8.30. The maximum atomic E-state index is 13.0. The molecule has 0 aromatic heterocycles. The molecule has 0 saturated carbocycles. The molecule has 36 heavy (non-hydrogen) atoms. The molecule has 6 nitrogen and oxygen atoms in total. The summed E-state index contributed by atoms with van der Waals surface area (Å²) in [5, 5.41) is 3.38. The lowest BCUT2D eigenvalue weighted by Gasteiger charge is -2.14. The van der Waals surface area contributed by atoms with E-state index in [4.69, 9.17) is 33.3 Å². The summed E-state index contributed by atoms with van der Waals surface area (Å²) in [6, 6.07) is 19.9. The van der Waals surface area contributed by atoms with Gasteiger partial charge < -0.3 is 14.8 Å². The van der Waals surface area contributed by atoms with Gasteiger partial charge in [-0.3, -0.25) is 14.5 Å². The number of carbonyl (C=O) groups excluding carboxylic acids is 2. The zero-order valence-electron chi connectivity index (χ0n) is 19.6. The van der Waals surface area contributed by atoms with E-state index in [9.17, 15) is 9.59 Å². The molecule has 3 aromatic carbocycles. The molecule has 1 heterocycles. The summed E-state index contributed by atoms with van der Waals surface area (Å²) < 4.78 is 11.9. The van der Waals surface area contributed by atoms with Crippen LogP contribution in [0.25, 0.3) is 6.08 Å². The number of thiocarbonyl (C=S) groups is 1. The van der Waals surface area contributed by atoms with Gasteiger partial charge in [0, 0.05) is 10.7 Å². The van der Waals surface area contributed by atoms with Crippen LogP contribution in [0.15, 0.2) is 71.6 Å². The molecule has 0 spiro atoms. The third kappa shape index (κ3) is 5.90. The largest absolute Gasteiger partial charge is 0.490 e. The van der Waals surface area contributed by atoms with Crippen molar-refractivity contribution in [3.05, 3.63) is 87.8 Å². The highest BCUT2D eigenvalue weighted by molar-refractivity contribution is 8.27. The Bertz CT molecular complexity index is 1340. The number of hydrogen-bond donors (Lipinski definition) is 1. The number of nitrogens with zero attached hydrogens (tertiary/aromatic N) is 1. The first-order chi connectivity index (χ1) is 17.4. The molecule has 0 bridgehead atoms. The zero-order valence-corrected chi connectivity index (χ0v) is 22.0. The molecule has 0 radical (unpaired) electrons. The molecule has 184 valence electrons. The molecule has 1 saturated heterocycles. The van der Waals surface area contributed by atoms with E-state index in [1.807, 2.05) is 44.2 Å². The minimum Gasteiger partial charge on any atom is -0.490 e. The van der Waals surface area contributed by atoms with E-state index < -0.39 is 0 Å². The second-order valence-electron chi connectivity index (χ2n) is 7.74. The van der Waals surface area contributed by atoms with Crippen molar-refractivity contribution in [1.29, 1.82) is 0 Å². The van der Waals surface area contributed by atoms with Gasteiger partial charge in [0.05, 0.1) is 17.2 Å². The third-order valence-electron chi connectivity index (χ3n) is 5.27. The summed E-state index contributed by atoms with van der Waals surface area (Å²) in [6.07, 6.45) is 1.77. The predicted octanol–water partition coefficient (Wildman–Crippen LogP) is 6.47. The molecule has 0 unspecified atom stereocenters. The molecule has 1 aliphatic rings. The number of benzene rings is 3. The summed E-state index contributed by atoms with van der Waals surface area (Å²) >= 11 is 12.8. The number of nitrogens with one attached hydrogen (secondary N) is 1. The Morgan fingerprint density at radius 2 is 1.86 bits per heavy atom. The number of carbonyl (C=O) groups is 2. The van der Waals surface area contributed by atoms with Crippen molar-refractivity contribution in [3.63, 3.8) is 0 Å². The maximum Gasteiger partial charge on any atom is 0.270 e. The van der Waals surface area contributed by atoms with Gasteiger partial charge in [-0.2, -0.15) is 0 Å². The summed E-state index contributed by atoms with van der Waals surface area (Å²) in [5.74, 6) is 0.388. The lowest BCUT2D eigenvalue weighted by atomic mass is 10.1. The Morgan fingerprint density at radius 3 is 2.61 bits per heavy atom. The molecule has 2 amide bonds. The number of para-hydroxylation sites is 1. The molecule has 1 aliphatic heterocycles. The second-order valence-corrected chi connectivity index (χ2v) is 9.82. The van der Waals surface area contributed by atoms with Gasteiger partial charge in [-0.15, -0.1) is 0 Å². The van der Waals surface area contributed by atoms with Crippen LogP contribution in [0.4, 0.5) is 11.4 Å². The van der Waals surface area contributed by atoms with Crippen LogP contribution >= 0.6 is 35.6 Å². The molecular formula is C27H23ClN2O4S2. The lowest BCUT2D eigenvalue weighted by molar-refractivity contribution is -0.118. The maximum absolute atomic E-state index is 13.0. The van der Waals surface area contributed by atoms with Crippen molar-refractivity contribution >= 4 is 69.2 Å².